The lowest BCUT2D eigenvalue weighted by Crippen LogP contribution is -2.45. The molecule has 1 N–H and O–H groups in total. The first-order chi connectivity index (χ1) is 8.51. The molecule has 2 rings (SSSR count). The minimum Gasteiger partial charge on any atom is -0.390 e. The van der Waals surface area contributed by atoms with Crippen LogP contribution in [0.2, 0.25) is 0 Å². The lowest BCUT2D eigenvalue weighted by Gasteiger charge is -2.38. The second-order valence-electron chi connectivity index (χ2n) is 5.41. The van der Waals surface area contributed by atoms with Crippen LogP contribution in [-0.2, 0) is 11.2 Å². The predicted molar refractivity (Wildman–Crippen MR) is 69.1 cm³/mol. The van der Waals surface area contributed by atoms with Gasteiger partial charge < -0.3 is 9.84 Å². The van der Waals surface area contributed by atoms with Gasteiger partial charge in [-0.05, 0) is 56.4 Å². The first-order valence-electron chi connectivity index (χ1n) is 6.58. The van der Waals surface area contributed by atoms with Crippen molar-refractivity contribution in [2.24, 2.45) is 0 Å². The molecule has 1 fully saturated rings. The molecule has 100 valence electrons. The van der Waals surface area contributed by atoms with Crippen molar-refractivity contribution in [3.8, 4) is 0 Å². The fourth-order valence-electron chi connectivity index (χ4n) is 2.50. The van der Waals surface area contributed by atoms with E-state index in [-0.39, 0.29) is 5.82 Å². The molecule has 2 atom stereocenters. The van der Waals surface area contributed by atoms with Gasteiger partial charge in [0.05, 0.1) is 11.7 Å². The van der Waals surface area contributed by atoms with E-state index >= 15 is 0 Å². The zero-order chi connectivity index (χ0) is 13.2. The molecule has 0 radical (unpaired) electrons. The van der Waals surface area contributed by atoms with Crippen LogP contribution >= 0.6 is 0 Å². The van der Waals surface area contributed by atoms with E-state index in [4.69, 9.17) is 4.74 Å². The molecule has 18 heavy (non-hydrogen) atoms. The van der Waals surface area contributed by atoms with Crippen molar-refractivity contribution < 1.29 is 14.2 Å². The number of aliphatic hydroxyl groups excluding tert-OH is 1. The highest BCUT2D eigenvalue weighted by atomic mass is 19.1. The standard InChI is InChI=1S/C15H21FO2/c1-11-5-6-13(16)9-12(11)10-14(17)15(2)7-3-4-8-18-15/h5-6,9,14,17H,3-4,7-8,10H2,1-2H3. The van der Waals surface area contributed by atoms with Gasteiger partial charge in [0.1, 0.15) is 5.82 Å². The van der Waals surface area contributed by atoms with Crippen molar-refractivity contribution in [2.45, 2.75) is 51.2 Å². The molecule has 0 saturated carbocycles. The van der Waals surface area contributed by atoms with E-state index in [2.05, 4.69) is 0 Å². The first kappa shape index (κ1) is 13.5. The van der Waals surface area contributed by atoms with Crippen LogP contribution in [0.5, 0.6) is 0 Å². The highest BCUT2D eigenvalue weighted by Crippen LogP contribution is 2.30. The Bertz CT molecular complexity index is 411. The molecule has 0 aliphatic carbocycles. The Labute approximate surface area is 108 Å². The summed E-state index contributed by atoms with van der Waals surface area (Å²) in [5.74, 6) is -0.252. The van der Waals surface area contributed by atoms with Crippen LogP contribution in [0.1, 0.15) is 37.3 Å². The van der Waals surface area contributed by atoms with Crippen molar-refractivity contribution in [1.29, 1.82) is 0 Å². The molecular weight excluding hydrogens is 231 g/mol. The van der Waals surface area contributed by atoms with E-state index < -0.39 is 11.7 Å². The van der Waals surface area contributed by atoms with Gasteiger partial charge in [0.2, 0.25) is 0 Å². The summed E-state index contributed by atoms with van der Waals surface area (Å²) < 4.78 is 18.9. The van der Waals surface area contributed by atoms with Gasteiger partial charge >= 0.3 is 0 Å². The molecule has 1 aromatic carbocycles. The summed E-state index contributed by atoms with van der Waals surface area (Å²) in [6.45, 7) is 4.59. The number of ether oxygens (including phenoxy) is 1. The predicted octanol–water partition coefficient (Wildman–Crippen LogP) is 3.00. The third-order valence-electron chi connectivity index (χ3n) is 3.93. The van der Waals surface area contributed by atoms with Gasteiger partial charge in [0.25, 0.3) is 0 Å². The Morgan fingerprint density at radius 2 is 2.22 bits per heavy atom. The van der Waals surface area contributed by atoms with E-state index in [0.29, 0.717) is 13.0 Å². The number of benzene rings is 1. The van der Waals surface area contributed by atoms with E-state index in [1.165, 1.54) is 12.1 Å². The topological polar surface area (TPSA) is 29.5 Å². The Morgan fingerprint density at radius 1 is 1.44 bits per heavy atom. The van der Waals surface area contributed by atoms with Gasteiger partial charge in [-0.15, -0.1) is 0 Å². The third-order valence-corrected chi connectivity index (χ3v) is 3.93. The lowest BCUT2D eigenvalue weighted by molar-refractivity contribution is -0.135. The van der Waals surface area contributed by atoms with Gasteiger partial charge in [0, 0.05) is 13.0 Å². The van der Waals surface area contributed by atoms with Crippen LogP contribution in [-0.4, -0.2) is 23.4 Å². The summed E-state index contributed by atoms with van der Waals surface area (Å²) in [6.07, 6.45) is 2.86. The average molecular weight is 252 g/mol. The zero-order valence-corrected chi connectivity index (χ0v) is 11.1. The molecule has 2 unspecified atom stereocenters. The van der Waals surface area contributed by atoms with Crippen LogP contribution < -0.4 is 0 Å². The summed E-state index contributed by atoms with van der Waals surface area (Å²) >= 11 is 0. The van der Waals surface area contributed by atoms with Gasteiger partial charge in [-0.25, -0.2) is 4.39 Å². The molecule has 2 nitrogen and oxygen atoms in total. The van der Waals surface area contributed by atoms with Crippen molar-refractivity contribution in [3.05, 3.63) is 35.1 Å². The molecular formula is C15H21FO2. The molecule has 1 heterocycles. The number of aryl methyl sites for hydroxylation is 1. The third kappa shape index (κ3) is 2.90. The van der Waals surface area contributed by atoms with Gasteiger partial charge in [-0.2, -0.15) is 0 Å². The summed E-state index contributed by atoms with van der Waals surface area (Å²) in [5, 5.41) is 10.4. The monoisotopic (exact) mass is 252 g/mol. The summed E-state index contributed by atoms with van der Waals surface area (Å²) in [7, 11) is 0. The number of rotatable bonds is 3. The average Bonchev–Trinajstić information content (AvgIpc) is 2.35. The Balaban J connectivity index is 2.10. The smallest absolute Gasteiger partial charge is 0.123 e. The number of halogens is 1. The van der Waals surface area contributed by atoms with Gasteiger partial charge in [-0.3, -0.25) is 0 Å². The molecule has 3 heteroatoms. The summed E-state index contributed by atoms with van der Waals surface area (Å²) in [5.41, 5.74) is 1.38. The Hall–Kier alpha value is -0.930. The number of hydrogen-bond donors (Lipinski definition) is 1. The SMILES string of the molecule is Cc1ccc(F)cc1CC(O)C1(C)CCCCO1. The minimum atomic E-state index is -0.585. The van der Waals surface area contributed by atoms with E-state index in [9.17, 15) is 9.50 Å². The fourth-order valence-corrected chi connectivity index (χ4v) is 2.50. The van der Waals surface area contributed by atoms with E-state index in [0.717, 1.165) is 30.4 Å². The fraction of sp³-hybridized carbons (Fsp3) is 0.600. The Morgan fingerprint density at radius 3 is 2.89 bits per heavy atom. The highest BCUT2D eigenvalue weighted by Gasteiger charge is 2.35. The molecule has 1 aliphatic heterocycles. The van der Waals surface area contributed by atoms with Crippen molar-refractivity contribution in [1.82, 2.24) is 0 Å². The maximum absolute atomic E-state index is 13.2. The molecule has 1 aliphatic rings. The van der Waals surface area contributed by atoms with Crippen LogP contribution in [0, 0.1) is 12.7 Å². The molecule has 0 aromatic heterocycles. The second kappa shape index (κ2) is 5.37. The Kier molecular flexibility index (Phi) is 4.03. The van der Waals surface area contributed by atoms with Crippen molar-refractivity contribution >= 4 is 0 Å². The molecule has 0 bridgehead atoms. The van der Waals surface area contributed by atoms with Crippen molar-refractivity contribution in [3.63, 3.8) is 0 Å². The molecule has 0 spiro atoms. The lowest BCUT2D eigenvalue weighted by atomic mass is 9.86. The normalized spacial score (nSPS) is 26.0. The van der Waals surface area contributed by atoms with E-state index in [1.807, 2.05) is 13.8 Å². The maximum atomic E-state index is 13.2. The van der Waals surface area contributed by atoms with Crippen LogP contribution in [0.15, 0.2) is 18.2 Å². The zero-order valence-electron chi connectivity index (χ0n) is 11.1. The highest BCUT2D eigenvalue weighted by molar-refractivity contribution is 5.27. The number of aliphatic hydroxyl groups is 1. The van der Waals surface area contributed by atoms with E-state index in [1.54, 1.807) is 6.07 Å². The van der Waals surface area contributed by atoms with Crippen LogP contribution in [0.3, 0.4) is 0 Å². The minimum absolute atomic E-state index is 0.252. The van der Waals surface area contributed by atoms with Gasteiger partial charge in [-0.1, -0.05) is 6.07 Å². The maximum Gasteiger partial charge on any atom is 0.123 e. The second-order valence-corrected chi connectivity index (χ2v) is 5.41. The first-order valence-corrected chi connectivity index (χ1v) is 6.58. The quantitative estimate of drug-likeness (QED) is 0.896. The number of hydrogen-bond acceptors (Lipinski definition) is 2. The van der Waals surface area contributed by atoms with Gasteiger partial charge in [0.15, 0.2) is 0 Å². The molecule has 1 aromatic rings. The molecule has 0 amide bonds. The largest absolute Gasteiger partial charge is 0.390 e. The van der Waals surface area contributed by atoms with Crippen molar-refractivity contribution in [2.75, 3.05) is 6.61 Å². The molecule has 1 saturated heterocycles. The summed E-state index contributed by atoms with van der Waals surface area (Å²) in [4.78, 5) is 0. The van der Waals surface area contributed by atoms with Crippen LogP contribution in [0.25, 0.3) is 0 Å². The summed E-state index contributed by atoms with van der Waals surface area (Å²) in [6, 6.07) is 4.70. The van der Waals surface area contributed by atoms with Crippen LogP contribution in [0.4, 0.5) is 4.39 Å².